The number of rotatable bonds is 3. The van der Waals surface area contributed by atoms with Gasteiger partial charge in [0.2, 0.25) is 0 Å². The molecule has 2 rings (SSSR count). The van der Waals surface area contributed by atoms with Crippen molar-refractivity contribution >= 4 is 17.9 Å². The van der Waals surface area contributed by atoms with E-state index in [1.807, 2.05) is 18.2 Å². The van der Waals surface area contributed by atoms with Gasteiger partial charge in [-0.05, 0) is 17.7 Å². The van der Waals surface area contributed by atoms with Crippen molar-refractivity contribution in [2.45, 2.75) is 6.54 Å². The number of aromatic nitrogens is 3. The number of nitrogens with zero attached hydrogens (tertiary/aromatic N) is 3. The number of hydrogen-bond acceptors (Lipinski definition) is 3. The third-order valence-corrected chi connectivity index (χ3v) is 2.23. The summed E-state index contributed by atoms with van der Waals surface area (Å²) >= 11 is 5.85. The Hall–Kier alpha value is -1.68. The molecule has 0 aliphatic heterocycles. The first-order valence-electron chi connectivity index (χ1n) is 4.37. The lowest BCUT2D eigenvalue weighted by atomic mass is 10.2. The van der Waals surface area contributed by atoms with Crippen LogP contribution in [-0.4, -0.2) is 21.1 Å². The van der Waals surface area contributed by atoms with E-state index in [4.69, 9.17) is 11.6 Å². The van der Waals surface area contributed by atoms with E-state index in [0.29, 0.717) is 23.7 Å². The summed E-state index contributed by atoms with van der Waals surface area (Å²) in [7, 11) is 0. The van der Waals surface area contributed by atoms with Crippen molar-refractivity contribution < 1.29 is 4.79 Å². The zero-order chi connectivity index (χ0) is 10.7. The largest absolute Gasteiger partial charge is 0.307 e. The van der Waals surface area contributed by atoms with Crippen molar-refractivity contribution in [3.05, 3.63) is 47.0 Å². The van der Waals surface area contributed by atoms with Crippen LogP contribution in [0.25, 0.3) is 0 Å². The molecule has 5 heteroatoms. The minimum atomic E-state index is 0.315. The van der Waals surface area contributed by atoms with Gasteiger partial charge in [-0.2, -0.15) is 0 Å². The molecule has 0 fully saturated rings. The van der Waals surface area contributed by atoms with Gasteiger partial charge in [0, 0.05) is 5.02 Å². The number of halogens is 1. The molecule has 0 N–H and O–H groups in total. The average Bonchev–Trinajstić information content (AvgIpc) is 2.65. The van der Waals surface area contributed by atoms with E-state index in [0.717, 1.165) is 5.56 Å². The van der Waals surface area contributed by atoms with Crippen molar-refractivity contribution in [2.24, 2.45) is 0 Å². The van der Waals surface area contributed by atoms with Crippen LogP contribution in [0.1, 0.15) is 16.2 Å². The van der Waals surface area contributed by atoms with E-state index in [1.165, 1.54) is 6.33 Å². The molecule has 0 aliphatic carbocycles. The maximum Gasteiger partial charge on any atom is 0.196 e. The fourth-order valence-electron chi connectivity index (χ4n) is 1.31. The van der Waals surface area contributed by atoms with Crippen molar-refractivity contribution in [2.75, 3.05) is 0 Å². The van der Waals surface area contributed by atoms with Gasteiger partial charge in [0.15, 0.2) is 12.1 Å². The van der Waals surface area contributed by atoms with Crippen molar-refractivity contribution in [3.8, 4) is 0 Å². The Morgan fingerprint density at radius 2 is 2.33 bits per heavy atom. The number of hydrogen-bond donors (Lipinski definition) is 0. The Morgan fingerprint density at radius 3 is 3.07 bits per heavy atom. The van der Waals surface area contributed by atoms with Crippen LogP contribution in [0, 0.1) is 0 Å². The lowest BCUT2D eigenvalue weighted by Gasteiger charge is -2.03. The molecule has 15 heavy (non-hydrogen) atoms. The van der Waals surface area contributed by atoms with Gasteiger partial charge in [0.05, 0.1) is 6.54 Å². The van der Waals surface area contributed by atoms with Crippen LogP contribution in [0.5, 0.6) is 0 Å². The lowest BCUT2D eigenvalue weighted by Crippen LogP contribution is -2.03. The molecule has 4 nitrogen and oxygen atoms in total. The average molecular weight is 222 g/mol. The smallest absolute Gasteiger partial charge is 0.196 e. The number of carbonyl (C=O) groups is 1. The van der Waals surface area contributed by atoms with E-state index < -0.39 is 0 Å². The number of aldehydes is 1. The van der Waals surface area contributed by atoms with Crippen LogP contribution in [-0.2, 0) is 6.54 Å². The summed E-state index contributed by atoms with van der Waals surface area (Å²) in [6, 6.07) is 7.44. The molecule has 2 aromatic rings. The predicted octanol–water partition coefficient (Wildman–Crippen LogP) is 1.79. The highest BCUT2D eigenvalue weighted by Crippen LogP contribution is 2.11. The number of benzene rings is 1. The summed E-state index contributed by atoms with van der Waals surface area (Å²) in [5.41, 5.74) is 1.01. The molecule has 1 heterocycles. The molecule has 0 saturated carbocycles. The summed E-state index contributed by atoms with van der Waals surface area (Å²) in [5, 5.41) is 8.00. The third-order valence-electron chi connectivity index (χ3n) is 1.99. The van der Waals surface area contributed by atoms with E-state index in [1.54, 1.807) is 10.6 Å². The molecule has 76 valence electrons. The quantitative estimate of drug-likeness (QED) is 0.743. The van der Waals surface area contributed by atoms with Gasteiger partial charge in [-0.15, -0.1) is 10.2 Å². The second-order valence-electron chi connectivity index (χ2n) is 3.06. The molecule has 0 bridgehead atoms. The van der Waals surface area contributed by atoms with E-state index in [-0.39, 0.29) is 0 Å². The van der Waals surface area contributed by atoms with Crippen LogP contribution in [0.2, 0.25) is 5.02 Å². The first kappa shape index (κ1) is 9.86. The maximum atomic E-state index is 10.6. The molecule has 1 aromatic heterocycles. The molecular formula is C10H8ClN3O. The van der Waals surface area contributed by atoms with Crippen LogP contribution in [0.15, 0.2) is 30.6 Å². The van der Waals surface area contributed by atoms with Gasteiger partial charge in [-0.25, -0.2) is 0 Å². The highest BCUT2D eigenvalue weighted by atomic mass is 35.5. The first-order valence-corrected chi connectivity index (χ1v) is 4.75. The normalized spacial score (nSPS) is 10.2. The monoisotopic (exact) mass is 221 g/mol. The summed E-state index contributed by atoms with van der Waals surface area (Å²) in [6.07, 6.45) is 2.20. The Kier molecular flexibility index (Phi) is 2.78. The zero-order valence-corrected chi connectivity index (χ0v) is 8.55. The molecule has 0 amide bonds. The van der Waals surface area contributed by atoms with E-state index in [2.05, 4.69) is 10.2 Å². The maximum absolute atomic E-state index is 10.6. The van der Waals surface area contributed by atoms with Gasteiger partial charge in [-0.3, -0.25) is 4.79 Å². The van der Waals surface area contributed by atoms with Crippen LogP contribution >= 0.6 is 11.6 Å². The number of carbonyl (C=O) groups excluding carboxylic acids is 1. The van der Waals surface area contributed by atoms with Crippen LogP contribution in [0.4, 0.5) is 0 Å². The standard InChI is InChI=1S/C10H8ClN3O/c11-9-3-1-2-8(4-9)5-14-7-12-13-10(14)6-15/h1-4,6-7H,5H2. The Morgan fingerprint density at radius 1 is 1.47 bits per heavy atom. The van der Waals surface area contributed by atoms with E-state index >= 15 is 0 Å². The van der Waals surface area contributed by atoms with Gasteiger partial charge in [0.25, 0.3) is 0 Å². The fraction of sp³-hybridized carbons (Fsp3) is 0.100. The highest BCUT2D eigenvalue weighted by Gasteiger charge is 2.03. The van der Waals surface area contributed by atoms with Crippen molar-refractivity contribution in [3.63, 3.8) is 0 Å². The SMILES string of the molecule is O=Cc1nncn1Cc1cccc(Cl)c1. The topological polar surface area (TPSA) is 47.8 Å². The molecule has 0 aliphatic rings. The summed E-state index contributed by atoms with van der Waals surface area (Å²) in [5.74, 6) is 0.315. The Labute approximate surface area is 91.5 Å². The van der Waals surface area contributed by atoms with Crippen LogP contribution in [0.3, 0.4) is 0 Å². The summed E-state index contributed by atoms with van der Waals surface area (Å²) in [4.78, 5) is 10.6. The van der Waals surface area contributed by atoms with Gasteiger partial charge in [-0.1, -0.05) is 23.7 Å². The Balaban J connectivity index is 2.25. The van der Waals surface area contributed by atoms with Gasteiger partial charge in [0.1, 0.15) is 6.33 Å². The lowest BCUT2D eigenvalue weighted by molar-refractivity contribution is 0.111. The molecule has 0 atom stereocenters. The van der Waals surface area contributed by atoms with Crippen LogP contribution < -0.4 is 0 Å². The third kappa shape index (κ3) is 2.22. The second-order valence-corrected chi connectivity index (χ2v) is 3.50. The summed E-state index contributed by atoms with van der Waals surface area (Å²) in [6.45, 7) is 0.543. The second kappa shape index (κ2) is 4.23. The summed E-state index contributed by atoms with van der Waals surface area (Å²) < 4.78 is 1.67. The van der Waals surface area contributed by atoms with E-state index in [9.17, 15) is 4.79 Å². The Bertz CT molecular complexity index is 481. The highest BCUT2D eigenvalue weighted by molar-refractivity contribution is 6.30. The molecular weight excluding hydrogens is 214 g/mol. The molecule has 0 unspecified atom stereocenters. The first-order chi connectivity index (χ1) is 7.29. The minimum Gasteiger partial charge on any atom is -0.307 e. The zero-order valence-electron chi connectivity index (χ0n) is 7.80. The molecule has 0 saturated heterocycles. The minimum absolute atomic E-state index is 0.315. The predicted molar refractivity (Wildman–Crippen MR) is 56.0 cm³/mol. The fourth-order valence-corrected chi connectivity index (χ4v) is 1.52. The molecule has 1 aromatic carbocycles. The molecule has 0 spiro atoms. The molecule has 0 radical (unpaired) electrons. The van der Waals surface area contributed by atoms with Gasteiger partial charge >= 0.3 is 0 Å². The van der Waals surface area contributed by atoms with Crippen molar-refractivity contribution in [1.29, 1.82) is 0 Å². The van der Waals surface area contributed by atoms with Gasteiger partial charge < -0.3 is 4.57 Å². The van der Waals surface area contributed by atoms with Crippen molar-refractivity contribution in [1.82, 2.24) is 14.8 Å².